The monoisotopic (exact) mass is 287 g/mol. The van der Waals surface area contributed by atoms with Crippen LogP contribution in [0.15, 0.2) is 29.9 Å². The lowest BCUT2D eigenvalue weighted by Crippen LogP contribution is -2.40. The summed E-state index contributed by atoms with van der Waals surface area (Å²) in [6, 6.07) is 5.02. The molecule has 20 heavy (non-hydrogen) atoms. The van der Waals surface area contributed by atoms with Crippen molar-refractivity contribution in [2.45, 2.75) is 32.4 Å². The molecule has 2 unspecified atom stereocenters. The maximum atomic E-state index is 6.10. The summed E-state index contributed by atoms with van der Waals surface area (Å²) in [5.74, 6) is 0. The number of hydrogen-bond acceptors (Lipinski definition) is 4. The molecule has 2 N–H and O–H groups in total. The van der Waals surface area contributed by atoms with Crippen molar-refractivity contribution >= 4 is 11.3 Å². The second-order valence-corrected chi connectivity index (χ2v) is 6.45. The number of hydrogen-bond donors (Lipinski definition) is 1. The van der Waals surface area contributed by atoms with Gasteiger partial charge in [0.25, 0.3) is 0 Å². The zero-order valence-corrected chi connectivity index (χ0v) is 12.9. The number of thiophene rings is 1. The van der Waals surface area contributed by atoms with Crippen molar-refractivity contribution in [3.63, 3.8) is 0 Å². The van der Waals surface area contributed by atoms with Gasteiger partial charge in [0.15, 0.2) is 0 Å². The van der Waals surface area contributed by atoms with Crippen LogP contribution in [0.1, 0.15) is 40.6 Å². The molecule has 0 amide bonds. The summed E-state index contributed by atoms with van der Waals surface area (Å²) in [6.45, 7) is 6.14. The molecule has 2 atom stereocenters. The summed E-state index contributed by atoms with van der Waals surface area (Å²) in [5.41, 5.74) is 10.1. The number of pyridine rings is 1. The number of aromatic nitrogens is 1. The number of nitrogens with two attached hydrogens (primary N) is 1. The highest BCUT2D eigenvalue weighted by molar-refractivity contribution is 7.10. The second kappa shape index (κ2) is 5.64. The van der Waals surface area contributed by atoms with Gasteiger partial charge >= 0.3 is 0 Å². The Labute approximate surface area is 124 Å². The third-order valence-corrected chi connectivity index (χ3v) is 5.38. The molecule has 0 saturated carbocycles. The van der Waals surface area contributed by atoms with Crippen molar-refractivity contribution in [1.29, 1.82) is 0 Å². The molecular formula is C16H21N3S. The third-order valence-electron chi connectivity index (χ3n) is 4.39. The summed E-state index contributed by atoms with van der Waals surface area (Å²) in [4.78, 5) is 8.35. The minimum atomic E-state index is 0.256. The van der Waals surface area contributed by atoms with Crippen LogP contribution in [0.5, 0.6) is 0 Å². The van der Waals surface area contributed by atoms with Gasteiger partial charge in [-0.25, -0.2) is 0 Å². The fraction of sp³-hybridized carbons (Fsp3) is 0.438. The highest BCUT2D eigenvalue weighted by atomic mass is 32.1. The van der Waals surface area contributed by atoms with Crippen LogP contribution >= 0.6 is 11.3 Å². The van der Waals surface area contributed by atoms with Crippen LogP contribution in [0, 0.1) is 6.92 Å². The predicted octanol–water partition coefficient (Wildman–Crippen LogP) is 3.07. The first-order valence-corrected chi connectivity index (χ1v) is 8.03. The topological polar surface area (TPSA) is 42.1 Å². The molecular weight excluding hydrogens is 266 g/mol. The van der Waals surface area contributed by atoms with Gasteiger partial charge in [-0.05, 0) is 54.5 Å². The van der Waals surface area contributed by atoms with E-state index >= 15 is 0 Å². The van der Waals surface area contributed by atoms with Crippen LogP contribution in [0.25, 0.3) is 0 Å². The van der Waals surface area contributed by atoms with Crippen LogP contribution < -0.4 is 5.73 Å². The maximum absolute atomic E-state index is 6.10. The Kier molecular flexibility index (Phi) is 3.87. The van der Waals surface area contributed by atoms with Gasteiger partial charge in [0.05, 0.1) is 0 Å². The molecule has 0 radical (unpaired) electrons. The van der Waals surface area contributed by atoms with Crippen molar-refractivity contribution < 1.29 is 0 Å². The van der Waals surface area contributed by atoms with Crippen LogP contribution in [0.2, 0.25) is 0 Å². The Hall–Kier alpha value is -1.23. The molecule has 1 aliphatic rings. The molecule has 106 valence electrons. The van der Waals surface area contributed by atoms with Gasteiger partial charge in [-0.15, -0.1) is 11.3 Å². The highest BCUT2D eigenvalue weighted by Gasteiger charge is 2.30. The zero-order valence-electron chi connectivity index (χ0n) is 12.0. The van der Waals surface area contributed by atoms with E-state index < -0.39 is 0 Å². The minimum Gasteiger partial charge on any atom is -0.329 e. The fourth-order valence-corrected chi connectivity index (χ4v) is 4.18. The molecule has 2 aromatic rings. The standard InChI is InChI=1S/C16H21N3S/c1-11-3-6-18-10-14(11)15(9-17)19-7-4-16-13(12(19)2)5-8-20-16/h3,5-6,8,10,12,15H,4,7,9,17H2,1-2H3. The van der Waals surface area contributed by atoms with E-state index in [9.17, 15) is 0 Å². The smallest absolute Gasteiger partial charge is 0.0494 e. The normalized spacial score (nSPS) is 20.6. The van der Waals surface area contributed by atoms with Crippen LogP contribution in [0.3, 0.4) is 0 Å². The van der Waals surface area contributed by atoms with Crippen molar-refractivity contribution in [3.05, 3.63) is 51.5 Å². The summed E-state index contributed by atoms with van der Waals surface area (Å²) >= 11 is 1.88. The van der Waals surface area contributed by atoms with Crippen molar-refractivity contribution in [3.8, 4) is 0 Å². The van der Waals surface area contributed by atoms with Crippen LogP contribution in [-0.2, 0) is 6.42 Å². The lowest BCUT2D eigenvalue weighted by Gasteiger charge is -2.39. The quantitative estimate of drug-likeness (QED) is 0.943. The van der Waals surface area contributed by atoms with E-state index in [0.29, 0.717) is 12.6 Å². The van der Waals surface area contributed by atoms with Gasteiger partial charge in [-0.2, -0.15) is 0 Å². The molecule has 3 heterocycles. The average molecular weight is 287 g/mol. The molecule has 2 aromatic heterocycles. The molecule has 0 aliphatic carbocycles. The van der Waals surface area contributed by atoms with Crippen LogP contribution in [0.4, 0.5) is 0 Å². The predicted molar refractivity (Wildman–Crippen MR) is 83.9 cm³/mol. The number of rotatable bonds is 3. The molecule has 4 heteroatoms. The largest absolute Gasteiger partial charge is 0.329 e. The Balaban J connectivity index is 1.93. The first-order valence-electron chi connectivity index (χ1n) is 7.15. The van der Waals surface area contributed by atoms with Crippen molar-refractivity contribution in [2.75, 3.05) is 13.1 Å². The van der Waals surface area contributed by atoms with E-state index in [1.54, 1.807) is 0 Å². The number of nitrogens with zero attached hydrogens (tertiary/aromatic N) is 2. The van der Waals surface area contributed by atoms with E-state index in [2.05, 4.69) is 41.2 Å². The molecule has 0 aromatic carbocycles. The molecule has 0 spiro atoms. The van der Waals surface area contributed by atoms with Crippen molar-refractivity contribution in [1.82, 2.24) is 9.88 Å². The summed E-state index contributed by atoms with van der Waals surface area (Å²) in [5, 5.41) is 2.21. The fourth-order valence-electron chi connectivity index (χ4n) is 3.22. The Morgan fingerprint density at radius 2 is 2.35 bits per heavy atom. The summed E-state index contributed by atoms with van der Waals surface area (Å²) in [7, 11) is 0. The highest BCUT2D eigenvalue weighted by Crippen LogP contribution is 2.38. The average Bonchev–Trinajstić information content (AvgIpc) is 2.93. The van der Waals surface area contributed by atoms with E-state index in [0.717, 1.165) is 13.0 Å². The van der Waals surface area contributed by atoms with Gasteiger partial charge in [0, 0.05) is 42.4 Å². The molecule has 0 saturated heterocycles. The van der Waals surface area contributed by atoms with Crippen LogP contribution in [-0.4, -0.2) is 23.0 Å². The van der Waals surface area contributed by atoms with Gasteiger partial charge in [0.1, 0.15) is 0 Å². The van der Waals surface area contributed by atoms with E-state index in [1.165, 1.54) is 21.6 Å². The van der Waals surface area contributed by atoms with Gasteiger partial charge in [-0.3, -0.25) is 9.88 Å². The van der Waals surface area contributed by atoms with Gasteiger partial charge in [0.2, 0.25) is 0 Å². The molecule has 0 bridgehead atoms. The lowest BCUT2D eigenvalue weighted by atomic mass is 9.95. The number of aryl methyl sites for hydroxylation is 1. The minimum absolute atomic E-state index is 0.256. The molecule has 3 rings (SSSR count). The van der Waals surface area contributed by atoms with Gasteiger partial charge in [-0.1, -0.05) is 0 Å². The lowest BCUT2D eigenvalue weighted by molar-refractivity contribution is 0.138. The summed E-state index contributed by atoms with van der Waals surface area (Å²) < 4.78 is 0. The molecule has 3 nitrogen and oxygen atoms in total. The Morgan fingerprint density at radius 3 is 3.10 bits per heavy atom. The van der Waals surface area contributed by atoms with E-state index in [4.69, 9.17) is 5.73 Å². The first-order chi connectivity index (χ1) is 9.72. The maximum Gasteiger partial charge on any atom is 0.0494 e. The van der Waals surface area contributed by atoms with E-state index in [-0.39, 0.29) is 6.04 Å². The molecule has 1 aliphatic heterocycles. The first kappa shape index (κ1) is 13.7. The van der Waals surface area contributed by atoms with E-state index in [1.807, 2.05) is 23.7 Å². The van der Waals surface area contributed by atoms with Gasteiger partial charge < -0.3 is 5.73 Å². The second-order valence-electron chi connectivity index (χ2n) is 5.45. The summed E-state index contributed by atoms with van der Waals surface area (Å²) in [6.07, 6.45) is 4.96. The molecule has 0 fully saturated rings. The van der Waals surface area contributed by atoms with Crippen molar-refractivity contribution in [2.24, 2.45) is 5.73 Å². The number of fused-ring (bicyclic) bond motifs is 1. The Bertz CT molecular complexity index is 593. The Morgan fingerprint density at radius 1 is 1.50 bits per heavy atom. The third kappa shape index (κ3) is 2.28. The zero-order chi connectivity index (χ0) is 14.1. The SMILES string of the molecule is Cc1ccncc1C(CN)N1CCc2sccc2C1C.